The van der Waals surface area contributed by atoms with E-state index in [1.165, 1.54) is 4.90 Å². The zero-order chi connectivity index (χ0) is 10.8. The van der Waals surface area contributed by atoms with Gasteiger partial charge in [0.25, 0.3) is 0 Å². The molecule has 1 aliphatic heterocycles. The highest BCUT2D eigenvalue weighted by Gasteiger charge is 2.28. The maximum atomic E-state index is 11.5. The van der Waals surface area contributed by atoms with Crippen molar-refractivity contribution in [3.8, 4) is 0 Å². The number of nitrogens with zero attached hydrogens (tertiary/aromatic N) is 1. The fourth-order valence-corrected chi connectivity index (χ4v) is 2.92. The van der Waals surface area contributed by atoms with Crippen LogP contribution in [0.2, 0.25) is 0 Å². The van der Waals surface area contributed by atoms with Gasteiger partial charge in [0.05, 0.1) is 38.0 Å². The molecule has 0 aromatic heterocycles. The van der Waals surface area contributed by atoms with Gasteiger partial charge in [0.15, 0.2) is 0 Å². The lowest BCUT2D eigenvalue weighted by Gasteiger charge is -2.33. The highest BCUT2D eigenvalue weighted by Crippen LogP contribution is 2.01. The zero-order valence-corrected chi connectivity index (χ0v) is 10.1. The molecule has 0 spiro atoms. The standard InChI is InChI=1S/C9H20N2O2S/c1-4-14(12,13)11-7-5-10(6-8-11)9(2)3/h9H,4-8H2,1-3H3/p+1. The molecule has 1 saturated heterocycles. The maximum absolute atomic E-state index is 11.5. The molecule has 5 heteroatoms. The maximum Gasteiger partial charge on any atom is 0.214 e. The number of hydrogen-bond donors (Lipinski definition) is 1. The fourth-order valence-electron chi connectivity index (χ4n) is 1.81. The summed E-state index contributed by atoms with van der Waals surface area (Å²) in [5.74, 6) is 0.226. The first-order chi connectivity index (χ1) is 6.47. The number of piperazine rings is 1. The SMILES string of the molecule is CCS(=O)(=O)N1CC[NH+](C(C)C)CC1. The molecular formula is C9H21N2O2S+. The van der Waals surface area contributed by atoms with E-state index in [1.54, 1.807) is 11.2 Å². The van der Waals surface area contributed by atoms with Gasteiger partial charge in [-0.25, -0.2) is 8.42 Å². The second kappa shape index (κ2) is 4.59. The Balaban J connectivity index is 2.52. The summed E-state index contributed by atoms with van der Waals surface area (Å²) in [7, 11) is -2.95. The van der Waals surface area contributed by atoms with Gasteiger partial charge in [0.1, 0.15) is 0 Å². The summed E-state index contributed by atoms with van der Waals surface area (Å²) in [4.78, 5) is 1.51. The lowest BCUT2D eigenvalue weighted by Crippen LogP contribution is -3.17. The molecule has 0 unspecified atom stereocenters. The molecule has 1 aliphatic rings. The van der Waals surface area contributed by atoms with Crippen LogP contribution in [0.5, 0.6) is 0 Å². The van der Waals surface area contributed by atoms with E-state index in [0.717, 1.165) is 13.1 Å². The molecule has 14 heavy (non-hydrogen) atoms. The van der Waals surface area contributed by atoms with Crippen molar-refractivity contribution >= 4 is 10.0 Å². The van der Waals surface area contributed by atoms with Gasteiger partial charge in [-0.2, -0.15) is 4.31 Å². The first-order valence-corrected chi connectivity index (χ1v) is 6.90. The van der Waals surface area contributed by atoms with Crippen molar-refractivity contribution in [2.75, 3.05) is 31.9 Å². The van der Waals surface area contributed by atoms with Crippen LogP contribution in [0.3, 0.4) is 0 Å². The van der Waals surface area contributed by atoms with E-state index in [9.17, 15) is 8.42 Å². The van der Waals surface area contributed by atoms with Crippen molar-refractivity contribution in [3.63, 3.8) is 0 Å². The number of rotatable bonds is 3. The van der Waals surface area contributed by atoms with Gasteiger partial charge in [-0.1, -0.05) is 0 Å². The summed E-state index contributed by atoms with van der Waals surface area (Å²) < 4.78 is 24.7. The Hall–Kier alpha value is -0.130. The van der Waals surface area contributed by atoms with Crippen LogP contribution in [0.15, 0.2) is 0 Å². The first-order valence-electron chi connectivity index (χ1n) is 5.29. The lowest BCUT2D eigenvalue weighted by atomic mass is 10.3. The fraction of sp³-hybridized carbons (Fsp3) is 1.00. The minimum atomic E-state index is -2.95. The van der Waals surface area contributed by atoms with Crippen molar-refractivity contribution in [3.05, 3.63) is 0 Å². The van der Waals surface area contributed by atoms with Crippen molar-refractivity contribution < 1.29 is 13.3 Å². The third-order valence-corrected chi connectivity index (χ3v) is 4.82. The number of hydrogen-bond acceptors (Lipinski definition) is 2. The van der Waals surface area contributed by atoms with Crippen LogP contribution < -0.4 is 4.90 Å². The normalized spacial score (nSPS) is 21.7. The van der Waals surface area contributed by atoms with E-state index in [4.69, 9.17) is 0 Å². The van der Waals surface area contributed by atoms with Crippen LogP contribution in [0.25, 0.3) is 0 Å². The second-order valence-corrected chi connectivity index (χ2v) is 6.37. The summed E-state index contributed by atoms with van der Waals surface area (Å²) in [6.07, 6.45) is 0. The average molecular weight is 221 g/mol. The van der Waals surface area contributed by atoms with Gasteiger partial charge >= 0.3 is 0 Å². The molecule has 0 bridgehead atoms. The topological polar surface area (TPSA) is 41.8 Å². The molecule has 1 N–H and O–H groups in total. The van der Waals surface area contributed by atoms with Crippen LogP contribution in [0.4, 0.5) is 0 Å². The highest BCUT2D eigenvalue weighted by molar-refractivity contribution is 7.89. The van der Waals surface area contributed by atoms with E-state index < -0.39 is 10.0 Å². The number of nitrogens with one attached hydrogen (secondary N) is 1. The van der Waals surface area contributed by atoms with Crippen LogP contribution in [0.1, 0.15) is 20.8 Å². The summed E-state index contributed by atoms with van der Waals surface area (Å²) >= 11 is 0. The Morgan fingerprint density at radius 2 is 1.79 bits per heavy atom. The lowest BCUT2D eigenvalue weighted by molar-refractivity contribution is -0.924. The van der Waals surface area contributed by atoms with E-state index in [0.29, 0.717) is 19.1 Å². The molecule has 0 amide bonds. The molecule has 0 saturated carbocycles. The van der Waals surface area contributed by atoms with E-state index in [-0.39, 0.29) is 5.75 Å². The Kier molecular flexibility index (Phi) is 3.92. The third-order valence-electron chi connectivity index (χ3n) is 2.94. The molecule has 1 fully saturated rings. The molecule has 0 atom stereocenters. The predicted molar refractivity (Wildman–Crippen MR) is 56.9 cm³/mol. The van der Waals surface area contributed by atoms with Gasteiger partial charge in [-0.3, -0.25) is 0 Å². The molecule has 0 radical (unpaired) electrons. The average Bonchev–Trinajstić information content (AvgIpc) is 2.18. The van der Waals surface area contributed by atoms with E-state index in [2.05, 4.69) is 13.8 Å². The Bertz CT molecular complexity index is 267. The van der Waals surface area contributed by atoms with Gasteiger partial charge in [0.2, 0.25) is 10.0 Å². The molecule has 4 nitrogen and oxygen atoms in total. The van der Waals surface area contributed by atoms with Crippen LogP contribution in [-0.4, -0.2) is 50.7 Å². The molecule has 0 aromatic rings. The Morgan fingerprint density at radius 3 is 2.14 bits per heavy atom. The summed E-state index contributed by atoms with van der Waals surface area (Å²) in [6.45, 7) is 9.32. The largest absolute Gasteiger partial charge is 0.331 e. The first kappa shape index (κ1) is 11.9. The van der Waals surface area contributed by atoms with Gasteiger partial charge in [-0.15, -0.1) is 0 Å². The van der Waals surface area contributed by atoms with Crippen molar-refractivity contribution in [2.24, 2.45) is 0 Å². The monoisotopic (exact) mass is 221 g/mol. The van der Waals surface area contributed by atoms with Gasteiger partial charge in [-0.05, 0) is 20.8 Å². The van der Waals surface area contributed by atoms with Gasteiger partial charge < -0.3 is 4.90 Å². The summed E-state index contributed by atoms with van der Waals surface area (Å²) in [6, 6.07) is 0.599. The molecule has 1 rings (SSSR count). The molecule has 84 valence electrons. The summed E-state index contributed by atoms with van der Waals surface area (Å²) in [5.41, 5.74) is 0. The van der Waals surface area contributed by atoms with Crippen LogP contribution in [0, 0.1) is 0 Å². The van der Waals surface area contributed by atoms with Gasteiger partial charge in [0, 0.05) is 0 Å². The van der Waals surface area contributed by atoms with E-state index >= 15 is 0 Å². The highest BCUT2D eigenvalue weighted by atomic mass is 32.2. The number of quaternary nitrogens is 1. The van der Waals surface area contributed by atoms with Crippen molar-refractivity contribution in [2.45, 2.75) is 26.8 Å². The van der Waals surface area contributed by atoms with Crippen LogP contribution >= 0.6 is 0 Å². The number of sulfonamides is 1. The summed E-state index contributed by atoms with van der Waals surface area (Å²) in [5, 5.41) is 0. The third kappa shape index (κ3) is 2.68. The van der Waals surface area contributed by atoms with E-state index in [1.807, 2.05) is 0 Å². The zero-order valence-electron chi connectivity index (χ0n) is 9.28. The second-order valence-electron chi connectivity index (χ2n) is 4.11. The predicted octanol–water partition coefficient (Wildman–Crippen LogP) is -1.05. The molecule has 0 aromatic carbocycles. The van der Waals surface area contributed by atoms with Crippen molar-refractivity contribution in [1.82, 2.24) is 4.31 Å². The Morgan fingerprint density at radius 1 is 1.29 bits per heavy atom. The molecule has 0 aliphatic carbocycles. The smallest absolute Gasteiger partial charge is 0.214 e. The van der Waals surface area contributed by atoms with Crippen molar-refractivity contribution in [1.29, 1.82) is 0 Å². The molecular weight excluding hydrogens is 200 g/mol. The van der Waals surface area contributed by atoms with Crippen LogP contribution in [-0.2, 0) is 10.0 Å². The Labute approximate surface area is 86.9 Å². The minimum absolute atomic E-state index is 0.226. The molecule has 1 heterocycles. The minimum Gasteiger partial charge on any atom is -0.331 e. The quantitative estimate of drug-likeness (QED) is 0.660.